The third kappa shape index (κ3) is 4.78. The summed E-state index contributed by atoms with van der Waals surface area (Å²) in [6.45, 7) is 2.90. The van der Waals surface area contributed by atoms with Crippen molar-refractivity contribution < 1.29 is 14.3 Å². The van der Waals surface area contributed by atoms with Crippen LogP contribution in [0.2, 0.25) is 0 Å². The van der Waals surface area contributed by atoms with E-state index in [2.05, 4.69) is 21.2 Å². The molecule has 1 aromatic heterocycles. The van der Waals surface area contributed by atoms with Crippen molar-refractivity contribution in [2.75, 3.05) is 19.6 Å². The van der Waals surface area contributed by atoms with Crippen LogP contribution in [0.4, 0.5) is 0 Å². The number of carbonyl (C=O) groups is 1. The topological polar surface area (TPSA) is 93.5 Å². The summed E-state index contributed by atoms with van der Waals surface area (Å²) in [5, 5.41) is 6.95. The lowest BCUT2D eigenvalue weighted by molar-refractivity contribution is -0.119. The number of nitrogens with zero attached hydrogens (tertiary/aromatic N) is 2. The number of hydrogen-bond acceptors (Lipinski definition) is 5. The fourth-order valence-corrected chi connectivity index (χ4v) is 4.65. The van der Waals surface area contributed by atoms with Crippen LogP contribution in [-0.4, -0.2) is 46.7 Å². The number of fused-ring (bicyclic) bond motifs is 1. The molecule has 0 saturated carbocycles. The Morgan fingerprint density at radius 1 is 1.12 bits per heavy atom. The van der Waals surface area contributed by atoms with Crippen molar-refractivity contribution in [1.29, 1.82) is 0 Å². The SMILES string of the molecule is NC(=O)CC1CCN(CC2Cc3ccc(Oc4ccc(-c5ccn[nH]5)cc4)cc3O2)CC1. The van der Waals surface area contributed by atoms with Crippen LogP contribution >= 0.6 is 0 Å². The van der Waals surface area contributed by atoms with Gasteiger partial charge in [-0.1, -0.05) is 6.07 Å². The highest BCUT2D eigenvalue weighted by Gasteiger charge is 2.28. The van der Waals surface area contributed by atoms with Gasteiger partial charge in [-0.05, 0) is 79.4 Å². The molecule has 0 radical (unpaired) electrons. The molecule has 0 bridgehead atoms. The van der Waals surface area contributed by atoms with Crippen LogP contribution in [-0.2, 0) is 11.2 Å². The largest absolute Gasteiger partial charge is 0.488 e. The standard InChI is InChI=1S/C25H28N4O3/c26-25(30)13-17-8-11-29(12-9-17)16-22-14-19-3-6-21(15-24(19)32-22)31-20-4-1-18(2-5-20)23-7-10-27-28-23/h1-7,10,15,17,22H,8-9,11-14,16H2,(H2,26,30)(H,27,28). The number of hydrogen-bond donors (Lipinski definition) is 2. The molecule has 1 saturated heterocycles. The van der Waals surface area contributed by atoms with Crippen LogP contribution in [0.15, 0.2) is 54.7 Å². The van der Waals surface area contributed by atoms with Crippen molar-refractivity contribution in [3.63, 3.8) is 0 Å². The third-order valence-electron chi connectivity index (χ3n) is 6.34. The average Bonchev–Trinajstić information content (AvgIpc) is 3.45. The Morgan fingerprint density at radius 3 is 2.62 bits per heavy atom. The molecule has 1 atom stereocenters. The molecule has 0 spiro atoms. The van der Waals surface area contributed by atoms with Gasteiger partial charge in [0.15, 0.2) is 0 Å². The van der Waals surface area contributed by atoms with Gasteiger partial charge in [0.2, 0.25) is 5.91 Å². The zero-order valence-corrected chi connectivity index (χ0v) is 18.0. The van der Waals surface area contributed by atoms with Gasteiger partial charge in [-0.15, -0.1) is 0 Å². The predicted octanol–water partition coefficient (Wildman–Crippen LogP) is 3.76. The molecule has 3 aromatic rings. The first-order chi connectivity index (χ1) is 15.6. The summed E-state index contributed by atoms with van der Waals surface area (Å²) in [6, 6.07) is 15.9. The quantitative estimate of drug-likeness (QED) is 0.593. The Hall–Kier alpha value is -3.32. The molecule has 2 aromatic carbocycles. The second-order valence-electron chi connectivity index (χ2n) is 8.72. The molecule has 1 unspecified atom stereocenters. The number of nitrogens with one attached hydrogen (secondary N) is 1. The highest BCUT2D eigenvalue weighted by molar-refractivity contribution is 5.74. The number of nitrogens with two attached hydrogens (primary N) is 1. The molecule has 32 heavy (non-hydrogen) atoms. The van der Waals surface area contributed by atoms with Gasteiger partial charge in [0.1, 0.15) is 23.4 Å². The molecule has 0 aliphatic carbocycles. The van der Waals surface area contributed by atoms with Crippen LogP contribution in [0.1, 0.15) is 24.8 Å². The van der Waals surface area contributed by atoms with E-state index < -0.39 is 0 Å². The maximum atomic E-state index is 11.1. The summed E-state index contributed by atoms with van der Waals surface area (Å²) in [6.07, 6.45) is 5.37. The van der Waals surface area contributed by atoms with E-state index in [1.165, 1.54) is 5.56 Å². The molecule has 166 valence electrons. The minimum absolute atomic E-state index is 0.154. The van der Waals surface area contributed by atoms with Gasteiger partial charge in [0, 0.05) is 31.6 Å². The van der Waals surface area contributed by atoms with E-state index in [0.717, 1.165) is 67.4 Å². The van der Waals surface area contributed by atoms with E-state index in [0.29, 0.717) is 12.3 Å². The zero-order chi connectivity index (χ0) is 21.9. The van der Waals surface area contributed by atoms with Gasteiger partial charge in [-0.25, -0.2) is 0 Å². The van der Waals surface area contributed by atoms with Gasteiger partial charge >= 0.3 is 0 Å². The van der Waals surface area contributed by atoms with Crippen molar-refractivity contribution >= 4 is 5.91 Å². The number of H-pyrrole nitrogens is 1. The van der Waals surface area contributed by atoms with Crippen molar-refractivity contribution in [3.8, 4) is 28.5 Å². The minimum Gasteiger partial charge on any atom is -0.488 e. The van der Waals surface area contributed by atoms with Gasteiger partial charge in [-0.2, -0.15) is 5.10 Å². The van der Waals surface area contributed by atoms with Crippen molar-refractivity contribution in [3.05, 3.63) is 60.3 Å². The summed E-state index contributed by atoms with van der Waals surface area (Å²) in [5.41, 5.74) is 8.60. The van der Waals surface area contributed by atoms with E-state index in [1.54, 1.807) is 6.20 Å². The molecule has 7 heteroatoms. The Morgan fingerprint density at radius 2 is 1.91 bits per heavy atom. The fraction of sp³-hybridized carbons (Fsp3) is 0.360. The Bertz CT molecular complexity index is 1060. The molecule has 1 amide bonds. The molecule has 5 rings (SSSR count). The first-order valence-corrected chi connectivity index (χ1v) is 11.2. The van der Waals surface area contributed by atoms with Crippen LogP contribution < -0.4 is 15.2 Å². The van der Waals surface area contributed by atoms with Crippen LogP contribution in [0, 0.1) is 5.92 Å². The highest BCUT2D eigenvalue weighted by atomic mass is 16.5. The summed E-state index contributed by atoms with van der Waals surface area (Å²) in [7, 11) is 0. The Kier molecular flexibility index (Phi) is 5.81. The number of likely N-dealkylation sites (tertiary alicyclic amines) is 1. The fourth-order valence-electron chi connectivity index (χ4n) is 4.65. The van der Waals surface area contributed by atoms with Gasteiger partial charge in [0.25, 0.3) is 0 Å². The minimum atomic E-state index is -0.190. The van der Waals surface area contributed by atoms with Gasteiger partial charge < -0.3 is 15.2 Å². The van der Waals surface area contributed by atoms with Crippen LogP contribution in [0.5, 0.6) is 17.2 Å². The number of carbonyl (C=O) groups excluding carboxylic acids is 1. The van der Waals surface area contributed by atoms with Gasteiger partial charge in [0.05, 0.1) is 5.69 Å². The van der Waals surface area contributed by atoms with Crippen LogP contribution in [0.3, 0.4) is 0 Å². The number of piperidine rings is 1. The van der Waals surface area contributed by atoms with Crippen molar-refractivity contribution in [2.45, 2.75) is 31.8 Å². The monoisotopic (exact) mass is 432 g/mol. The number of benzene rings is 2. The predicted molar refractivity (Wildman–Crippen MR) is 122 cm³/mol. The Balaban J connectivity index is 1.15. The first-order valence-electron chi connectivity index (χ1n) is 11.2. The number of ether oxygens (including phenoxy) is 2. The first kappa shape index (κ1) is 20.6. The zero-order valence-electron chi connectivity index (χ0n) is 18.0. The summed E-state index contributed by atoms with van der Waals surface area (Å²) < 4.78 is 12.3. The van der Waals surface area contributed by atoms with E-state index in [9.17, 15) is 4.79 Å². The lowest BCUT2D eigenvalue weighted by Gasteiger charge is -2.32. The number of amides is 1. The number of aromatic amines is 1. The molecule has 7 nitrogen and oxygen atoms in total. The second-order valence-corrected chi connectivity index (χ2v) is 8.72. The highest BCUT2D eigenvalue weighted by Crippen LogP contribution is 2.35. The summed E-state index contributed by atoms with van der Waals surface area (Å²) in [4.78, 5) is 13.6. The number of rotatable bonds is 7. The summed E-state index contributed by atoms with van der Waals surface area (Å²) in [5.74, 6) is 2.70. The smallest absolute Gasteiger partial charge is 0.217 e. The molecular weight excluding hydrogens is 404 g/mol. The molecule has 2 aliphatic rings. The Labute approximate surface area is 187 Å². The second kappa shape index (κ2) is 9.04. The maximum Gasteiger partial charge on any atom is 0.217 e. The number of aromatic nitrogens is 2. The van der Waals surface area contributed by atoms with E-state index in [1.807, 2.05) is 42.5 Å². The lowest BCUT2D eigenvalue weighted by Crippen LogP contribution is -2.40. The normalized spacial score (nSPS) is 18.8. The number of primary amides is 1. The van der Waals surface area contributed by atoms with E-state index in [4.69, 9.17) is 15.2 Å². The lowest BCUT2D eigenvalue weighted by atomic mass is 9.93. The third-order valence-corrected chi connectivity index (χ3v) is 6.34. The molecular formula is C25H28N4O3. The van der Waals surface area contributed by atoms with E-state index >= 15 is 0 Å². The molecule has 2 aliphatic heterocycles. The van der Waals surface area contributed by atoms with Crippen molar-refractivity contribution in [1.82, 2.24) is 15.1 Å². The summed E-state index contributed by atoms with van der Waals surface area (Å²) >= 11 is 0. The molecule has 3 N–H and O–H groups in total. The van der Waals surface area contributed by atoms with Crippen LogP contribution in [0.25, 0.3) is 11.3 Å². The van der Waals surface area contributed by atoms with E-state index in [-0.39, 0.29) is 12.0 Å². The molecule has 1 fully saturated rings. The maximum absolute atomic E-state index is 11.1. The average molecular weight is 433 g/mol. The van der Waals surface area contributed by atoms with Gasteiger partial charge in [-0.3, -0.25) is 14.8 Å². The van der Waals surface area contributed by atoms with Crippen molar-refractivity contribution in [2.24, 2.45) is 11.7 Å². The molecule has 3 heterocycles.